The van der Waals surface area contributed by atoms with E-state index >= 15 is 0 Å². The smallest absolute Gasteiger partial charge is 0.343 e. The first-order chi connectivity index (χ1) is 7.15. The number of carbonyl (C=O) groups is 1. The maximum Gasteiger partial charge on any atom is 0.343 e. The molecule has 0 aromatic heterocycles. The molecule has 0 fully saturated rings. The molecule has 1 rings (SSSR count). The minimum atomic E-state index is -0.590. The SMILES string of the molecule is COC(=O)COc1ccccc1[N+](=O)[O-]. The van der Waals surface area contributed by atoms with Gasteiger partial charge in [-0.25, -0.2) is 4.79 Å². The first kappa shape index (κ1) is 11.0. The van der Waals surface area contributed by atoms with Crippen LogP contribution in [0.4, 0.5) is 5.69 Å². The second-order valence-electron chi connectivity index (χ2n) is 2.59. The lowest BCUT2D eigenvalue weighted by atomic mass is 10.3. The summed E-state index contributed by atoms with van der Waals surface area (Å²) in [5.41, 5.74) is -0.179. The van der Waals surface area contributed by atoms with Gasteiger partial charge in [0.15, 0.2) is 12.4 Å². The fraction of sp³-hybridized carbons (Fsp3) is 0.222. The molecule has 0 saturated carbocycles. The normalized spacial score (nSPS) is 9.40. The largest absolute Gasteiger partial charge is 0.475 e. The third kappa shape index (κ3) is 2.94. The van der Waals surface area contributed by atoms with Crippen molar-refractivity contribution in [3.8, 4) is 5.75 Å². The van der Waals surface area contributed by atoms with Crippen molar-refractivity contribution >= 4 is 11.7 Å². The van der Waals surface area contributed by atoms with Crippen molar-refractivity contribution in [1.82, 2.24) is 0 Å². The number of nitro benzene ring substituents is 1. The molecule has 0 spiro atoms. The topological polar surface area (TPSA) is 78.7 Å². The van der Waals surface area contributed by atoms with Crippen LogP contribution in [0.5, 0.6) is 5.75 Å². The van der Waals surface area contributed by atoms with Gasteiger partial charge in [-0.3, -0.25) is 10.1 Å². The molecule has 80 valence electrons. The van der Waals surface area contributed by atoms with Crippen molar-refractivity contribution < 1.29 is 19.2 Å². The maximum atomic E-state index is 10.7. The first-order valence-electron chi connectivity index (χ1n) is 4.08. The van der Waals surface area contributed by atoms with E-state index in [2.05, 4.69) is 4.74 Å². The Morgan fingerprint density at radius 2 is 2.13 bits per heavy atom. The van der Waals surface area contributed by atoms with Crippen LogP contribution < -0.4 is 4.74 Å². The van der Waals surface area contributed by atoms with Crippen LogP contribution in [0.2, 0.25) is 0 Å². The average molecular weight is 211 g/mol. The third-order valence-corrected chi connectivity index (χ3v) is 1.64. The molecule has 0 amide bonds. The quantitative estimate of drug-likeness (QED) is 0.424. The van der Waals surface area contributed by atoms with Crippen LogP contribution in [0.3, 0.4) is 0 Å². The zero-order valence-electron chi connectivity index (χ0n) is 8.00. The molecule has 1 aromatic carbocycles. The molecule has 0 heterocycles. The lowest BCUT2D eigenvalue weighted by Gasteiger charge is -2.04. The maximum absolute atomic E-state index is 10.7. The molecule has 0 aliphatic carbocycles. The van der Waals surface area contributed by atoms with Gasteiger partial charge in [-0.1, -0.05) is 12.1 Å². The Bertz CT molecular complexity index is 377. The molecule has 0 radical (unpaired) electrons. The fourth-order valence-electron chi connectivity index (χ4n) is 0.926. The first-order valence-corrected chi connectivity index (χ1v) is 4.08. The Kier molecular flexibility index (Phi) is 3.61. The molecular weight excluding hydrogens is 202 g/mol. The van der Waals surface area contributed by atoms with E-state index in [-0.39, 0.29) is 18.0 Å². The molecule has 0 aliphatic heterocycles. The van der Waals surface area contributed by atoms with Crippen molar-refractivity contribution in [3.05, 3.63) is 34.4 Å². The minimum Gasteiger partial charge on any atom is -0.475 e. The van der Waals surface area contributed by atoms with Crippen LogP contribution in [0.1, 0.15) is 0 Å². The second kappa shape index (κ2) is 4.94. The van der Waals surface area contributed by atoms with Crippen LogP contribution in [0.25, 0.3) is 0 Å². The highest BCUT2D eigenvalue weighted by atomic mass is 16.6. The molecule has 0 saturated heterocycles. The fourth-order valence-corrected chi connectivity index (χ4v) is 0.926. The van der Waals surface area contributed by atoms with Crippen molar-refractivity contribution in [2.24, 2.45) is 0 Å². The summed E-state index contributed by atoms with van der Waals surface area (Å²) >= 11 is 0. The Labute approximate surface area is 85.6 Å². The number of hydrogen-bond donors (Lipinski definition) is 0. The Balaban J connectivity index is 2.76. The highest BCUT2D eigenvalue weighted by molar-refractivity contribution is 5.71. The number of nitrogens with zero attached hydrogens (tertiary/aromatic N) is 1. The summed E-state index contributed by atoms with van der Waals surface area (Å²) in [4.78, 5) is 20.7. The van der Waals surface area contributed by atoms with Crippen LogP contribution in [0.15, 0.2) is 24.3 Å². The number of esters is 1. The standard InChI is InChI=1S/C9H9NO5/c1-14-9(11)6-15-8-5-3-2-4-7(8)10(12)13/h2-5H,6H2,1H3. The summed E-state index contributed by atoms with van der Waals surface area (Å²) in [6.07, 6.45) is 0. The molecule has 0 unspecified atom stereocenters. The molecule has 0 N–H and O–H groups in total. The number of ether oxygens (including phenoxy) is 2. The van der Waals surface area contributed by atoms with Gasteiger partial charge < -0.3 is 9.47 Å². The summed E-state index contributed by atoms with van der Waals surface area (Å²) in [5.74, 6) is -0.541. The lowest BCUT2D eigenvalue weighted by Crippen LogP contribution is -2.13. The zero-order valence-corrected chi connectivity index (χ0v) is 8.00. The molecule has 0 bridgehead atoms. The predicted octanol–water partition coefficient (Wildman–Crippen LogP) is 1.15. The Morgan fingerprint density at radius 1 is 1.47 bits per heavy atom. The van der Waals surface area contributed by atoms with Crippen molar-refractivity contribution in [2.45, 2.75) is 0 Å². The monoisotopic (exact) mass is 211 g/mol. The summed E-state index contributed by atoms with van der Waals surface area (Å²) in [6.45, 7) is -0.346. The zero-order chi connectivity index (χ0) is 11.3. The predicted molar refractivity (Wildman–Crippen MR) is 50.6 cm³/mol. The number of nitro groups is 1. The lowest BCUT2D eigenvalue weighted by molar-refractivity contribution is -0.385. The van der Waals surface area contributed by atoms with Gasteiger partial charge in [0.1, 0.15) is 0 Å². The van der Waals surface area contributed by atoms with Gasteiger partial charge in [0.25, 0.3) is 0 Å². The van der Waals surface area contributed by atoms with E-state index in [0.717, 1.165) is 0 Å². The summed E-state index contributed by atoms with van der Waals surface area (Å²) < 4.78 is 9.27. The number of para-hydroxylation sites is 2. The summed E-state index contributed by atoms with van der Waals surface area (Å²) in [7, 11) is 1.21. The van der Waals surface area contributed by atoms with Crippen LogP contribution in [0, 0.1) is 10.1 Å². The van der Waals surface area contributed by atoms with Gasteiger partial charge in [-0.05, 0) is 6.07 Å². The average Bonchev–Trinajstić information content (AvgIpc) is 2.26. The van der Waals surface area contributed by atoms with Crippen LogP contribution >= 0.6 is 0 Å². The van der Waals surface area contributed by atoms with Gasteiger partial charge >= 0.3 is 11.7 Å². The van der Waals surface area contributed by atoms with E-state index < -0.39 is 10.9 Å². The molecule has 1 aromatic rings. The molecule has 0 aliphatic rings. The number of carbonyl (C=O) groups excluding carboxylic acids is 1. The Morgan fingerprint density at radius 3 is 2.73 bits per heavy atom. The highest BCUT2D eigenvalue weighted by Gasteiger charge is 2.14. The highest BCUT2D eigenvalue weighted by Crippen LogP contribution is 2.25. The third-order valence-electron chi connectivity index (χ3n) is 1.64. The number of benzene rings is 1. The molecule has 6 nitrogen and oxygen atoms in total. The van der Waals surface area contributed by atoms with Crippen molar-refractivity contribution in [1.29, 1.82) is 0 Å². The van der Waals surface area contributed by atoms with E-state index in [4.69, 9.17) is 4.74 Å². The van der Waals surface area contributed by atoms with Crippen molar-refractivity contribution in [2.75, 3.05) is 13.7 Å². The van der Waals surface area contributed by atoms with Gasteiger partial charge in [-0.2, -0.15) is 0 Å². The molecule has 6 heteroatoms. The molecule has 15 heavy (non-hydrogen) atoms. The van der Waals surface area contributed by atoms with Gasteiger partial charge in [0, 0.05) is 6.07 Å². The van der Waals surface area contributed by atoms with E-state index in [1.165, 1.54) is 25.3 Å². The number of hydrogen-bond acceptors (Lipinski definition) is 5. The van der Waals surface area contributed by atoms with Crippen molar-refractivity contribution in [3.63, 3.8) is 0 Å². The molecular formula is C9H9NO5. The van der Waals surface area contributed by atoms with E-state index in [1.807, 2.05) is 0 Å². The molecule has 0 atom stereocenters. The van der Waals surface area contributed by atoms with E-state index in [9.17, 15) is 14.9 Å². The summed E-state index contributed by atoms with van der Waals surface area (Å²) in [5, 5.41) is 10.5. The second-order valence-corrected chi connectivity index (χ2v) is 2.59. The number of methoxy groups -OCH3 is 1. The minimum absolute atomic E-state index is 0.0490. The van der Waals surface area contributed by atoms with E-state index in [1.54, 1.807) is 6.07 Å². The van der Waals surface area contributed by atoms with Gasteiger partial charge in [-0.15, -0.1) is 0 Å². The summed E-state index contributed by atoms with van der Waals surface area (Å²) in [6, 6.07) is 5.82. The van der Waals surface area contributed by atoms with E-state index in [0.29, 0.717) is 0 Å². The van der Waals surface area contributed by atoms with Crippen LogP contribution in [-0.4, -0.2) is 24.6 Å². The van der Waals surface area contributed by atoms with Gasteiger partial charge in [0.05, 0.1) is 12.0 Å². The Hall–Kier alpha value is -2.11. The number of rotatable bonds is 4. The van der Waals surface area contributed by atoms with Crippen LogP contribution in [-0.2, 0) is 9.53 Å². The van der Waals surface area contributed by atoms with Gasteiger partial charge in [0.2, 0.25) is 0 Å².